The van der Waals surface area contributed by atoms with Gasteiger partial charge in [0.15, 0.2) is 0 Å². The Bertz CT molecular complexity index is 1430. The number of benzene rings is 3. The molecule has 3 aromatic rings. The summed E-state index contributed by atoms with van der Waals surface area (Å²) >= 11 is 5.93. The van der Waals surface area contributed by atoms with Crippen LogP contribution >= 0.6 is 11.6 Å². The van der Waals surface area contributed by atoms with Gasteiger partial charge >= 0.3 is 0 Å². The second kappa shape index (κ2) is 12.1. The van der Waals surface area contributed by atoms with E-state index in [1.807, 2.05) is 57.2 Å². The van der Waals surface area contributed by atoms with E-state index in [4.69, 9.17) is 11.6 Å². The normalized spacial score (nSPS) is 16.1. The SMILES string of the molecule is CC(C)=Nc1ccc(C(=O)N(Cc2ccc(C)cc2)C2CCN(S(=O)(=O)/C=C/c3ccc(Cl)cc3)C2)cc1. The van der Waals surface area contributed by atoms with Gasteiger partial charge in [0.05, 0.1) is 5.69 Å². The zero-order valence-electron chi connectivity index (χ0n) is 21.8. The summed E-state index contributed by atoms with van der Waals surface area (Å²) in [5.74, 6) is -0.129. The first kappa shape index (κ1) is 27.8. The van der Waals surface area contributed by atoms with Crippen LogP contribution in [0.15, 0.2) is 83.2 Å². The number of rotatable bonds is 8. The van der Waals surface area contributed by atoms with Crippen molar-refractivity contribution in [3.8, 4) is 0 Å². The number of amides is 1. The van der Waals surface area contributed by atoms with Crippen LogP contribution in [0.25, 0.3) is 6.08 Å². The average Bonchev–Trinajstić information content (AvgIpc) is 3.39. The Balaban J connectivity index is 1.55. The number of carbonyl (C=O) groups is 1. The molecule has 38 heavy (non-hydrogen) atoms. The molecule has 1 atom stereocenters. The summed E-state index contributed by atoms with van der Waals surface area (Å²) in [6.07, 6.45) is 2.12. The molecule has 3 aromatic carbocycles. The summed E-state index contributed by atoms with van der Waals surface area (Å²) in [6, 6.07) is 22.0. The molecule has 198 valence electrons. The Kier molecular flexibility index (Phi) is 8.82. The highest BCUT2D eigenvalue weighted by Crippen LogP contribution is 2.25. The summed E-state index contributed by atoms with van der Waals surface area (Å²) in [5.41, 5.74) is 5.15. The number of sulfonamides is 1. The van der Waals surface area contributed by atoms with Crippen LogP contribution in [0.4, 0.5) is 5.69 Å². The Morgan fingerprint density at radius 2 is 1.68 bits per heavy atom. The maximum atomic E-state index is 13.7. The van der Waals surface area contributed by atoms with E-state index >= 15 is 0 Å². The molecule has 0 radical (unpaired) electrons. The van der Waals surface area contributed by atoms with E-state index in [9.17, 15) is 13.2 Å². The maximum Gasteiger partial charge on any atom is 0.254 e. The number of halogens is 1. The molecule has 0 bridgehead atoms. The minimum absolute atomic E-state index is 0.129. The lowest BCUT2D eigenvalue weighted by atomic mass is 10.1. The molecule has 0 N–H and O–H groups in total. The van der Waals surface area contributed by atoms with E-state index in [0.29, 0.717) is 30.1 Å². The van der Waals surface area contributed by atoms with Crippen LogP contribution in [0.2, 0.25) is 5.02 Å². The summed E-state index contributed by atoms with van der Waals surface area (Å²) in [4.78, 5) is 20.0. The zero-order chi connectivity index (χ0) is 27.3. The third-order valence-electron chi connectivity index (χ3n) is 6.43. The first-order valence-corrected chi connectivity index (χ1v) is 14.4. The molecule has 1 aliphatic rings. The van der Waals surface area contributed by atoms with Crippen LogP contribution in [0.3, 0.4) is 0 Å². The maximum absolute atomic E-state index is 13.7. The van der Waals surface area contributed by atoms with Crippen molar-refractivity contribution >= 4 is 45.0 Å². The topological polar surface area (TPSA) is 70.1 Å². The van der Waals surface area contributed by atoms with Crippen molar-refractivity contribution in [3.63, 3.8) is 0 Å². The Morgan fingerprint density at radius 3 is 2.32 bits per heavy atom. The van der Waals surface area contributed by atoms with Gasteiger partial charge in [-0.05, 0) is 80.8 Å². The van der Waals surface area contributed by atoms with E-state index in [1.165, 1.54) is 9.71 Å². The Labute approximate surface area is 230 Å². The van der Waals surface area contributed by atoms with Gasteiger partial charge in [-0.25, -0.2) is 8.42 Å². The van der Waals surface area contributed by atoms with Crippen LogP contribution in [0.1, 0.15) is 47.3 Å². The molecule has 1 amide bonds. The Hall–Kier alpha value is -3.26. The van der Waals surface area contributed by atoms with Crippen LogP contribution in [0.5, 0.6) is 0 Å². The molecule has 1 heterocycles. The van der Waals surface area contributed by atoms with E-state index in [0.717, 1.165) is 28.1 Å². The van der Waals surface area contributed by atoms with E-state index < -0.39 is 10.0 Å². The van der Waals surface area contributed by atoms with Gasteiger partial charge in [0.25, 0.3) is 5.91 Å². The van der Waals surface area contributed by atoms with Gasteiger partial charge in [0.1, 0.15) is 0 Å². The third kappa shape index (κ3) is 7.19. The van der Waals surface area contributed by atoms with Gasteiger partial charge in [-0.3, -0.25) is 9.79 Å². The van der Waals surface area contributed by atoms with E-state index in [2.05, 4.69) is 4.99 Å². The molecular formula is C30H32ClN3O3S. The van der Waals surface area contributed by atoms with Crippen molar-refractivity contribution in [1.29, 1.82) is 0 Å². The molecule has 1 aliphatic heterocycles. The van der Waals surface area contributed by atoms with Crippen molar-refractivity contribution in [2.45, 2.75) is 39.8 Å². The zero-order valence-corrected chi connectivity index (χ0v) is 23.4. The molecule has 0 spiro atoms. The van der Waals surface area contributed by atoms with Crippen molar-refractivity contribution in [2.24, 2.45) is 4.99 Å². The highest BCUT2D eigenvalue weighted by Gasteiger charge is 2.35. The minimum atomic E-state index is -3.65. The molecule has 8 heteroatoms. The molecule has 6 nitrogen and oxygen atoms in total. The number of aryl methyl sites for hydroxylation is 1. The average molecular weight is 550 g/mol. The number of nitrogens with zero attached hydrogens (tertiary/aromatic N) is 3. The molecule has 0 aliphatic carbocycles. The van der Waals surface area contributed by atoms with Gasteiger partial charge in [0, 0.05) is 47.4 Å². The highest BCUT2D eigenvalue weighted by molar-refractivity contribution is 7.92. The number of carbonyl (C=O) groups excluding carboxylic acids is 1. The summed E-state index contributed by atoms with van der Waals surface area (Å²) < 4.78 is 27.6. The van der Waals surface area contributed by atoms with Gasteiger partial charge in [-0.2, -0.15) is 4.31 Å². The first-order valence-electron chi connectivity index (χ1n) is 12.5. The minimum Gasteiger partial charge on any atom is -0.330 e. The van der Waals surface area contributed by atoms with Crippen LogP contribution in [0, 0.1) is 6.92 Å². The van der Waals surface area contributed by atoms with Crippen molar-refractivity contribution in [3.05, 3.63) is 105 Å². The number of hydrogen-bond donors (Lipinski definition) is 0. The van der Waals surface area contributed by atoms with Gasteiger partial charge in [-0.15, -0.1) is 0 Å². The molecule has 0 aromatic heterocycles. The summed E-state index contributed by atoms with van der Waals surface area (Å²) in [6.45, 7) is 6.85. The highest BCUT2D eigenvalue weighted by atomic mass is 35.5. The van der Waals surface area contributed by atoms with Crippen molar-refractivity contribution in [1.82, 2.24) is 9.21 Å². The predicted molar refractivity (Wildman–Crippen MR) is 155 cm³/mol. The first-order chi connectivity index (χ1) is 18.1. The summed E-state index contributed by atoms with van der Waals surface area (Å²) in [7, 11) is -3.65. The monoisotopic (exact) mass is 549 g/mol. The van der Waals surface area contributed by atoms with Gasteiger partial charge in [0.2, 0.25) is 10.0 Å². The lowest BCUT2D eigenvalue weighted by Gasteiger charge is -2.29. The van der Waals surface area contributed by atoms with Crippen LogP contribution < -0.4 is 0 Å². The molecule has 1 saturated heterocycles. The van der Waals surface area contributed by atoms with E-state index in [-0.39, 0.29) is 18.5 Å². The number of aliphatic imine (C=N–C) groups is 1. The second-order valence-corrected chi connectivity index (χ2v) is 12.0. The molecule has 4 rings (SSSR count). The lowest BCUT2D eigenvalue weighted by molar-refractivity contribution is 0.0671. The molecular weight excluding hydrogens is 518 g/mol. The van der Waals surface area contributed by atoms with Gasteiger partial charge in [-0.1, -0.05) is 53.6 Å². The largest absolute Gasteiger partial charge is 0.330 e. The van der Waals surface area contributed by atoms with Gasteiger partial charge < -0.3 is 4.90 Å². The Morgan fingerprint density at radius 1 is 1.03 bits per heavy atom. The third-order valence-corrected chi connectivity index (χ3v) is 8.21. The second-order valence-electron chi connectivity index (χ2n) is 9.72. The fourth-order valence-corrected chi connectivity index (χ4v) is 5.75. The quantitative estimate of drug-likeness (QED) is 0.302. The summed E-state index contributed by atoms with van der Waals surface area (Å²) in [5, 5.41) is 1.81. The van der Waals surface area contributed by atoms with Crippen LogP contribution in [-0.4, -0.2) is 48.4 Å². The molecule has 1 fully saturated rings. The predicted octanol–water partition coefficient (Wildman–Crippen LogP) is 6.48. The van der Waals surface area contributed by atoms with Crippen molar-refractivity contribution < 1.29 is 13.2 Å². The number of hydrogen-bond acceptors (Lipinski definition) is 4. The smallest absolute Gasteiger partial charge is 0.254 e. The van der Waals surface area contributed by atoms with Crippen molar-refractivity contribution in [2.75, 3.05) is 13.1 Å². The van der Waals surface area contributed by atoms with Crippen LogP contribution in [-0.2, 0) is 16.6 Å². The van der Waals surface area contributed by atoms with E-state index in [1.54, 1.807) is 47.4 Å². The lowest BCUT2D eigenvalue weighted by Crippen LogP contribution is -2.42. The fourth-order valence-electron chi connectivity index (χ4n) is 4.38. The molecule has 1 unspecified atom stereocenters. The fraction of sp³-hybridized carbons (Fsp3) is 0.267. The molecule has 0 saturated carbocycles. The standard InChI is InChI=1S/C30H32ClN3O3S/c1-22(2)32-28-14-10-26(11-15-28)30(35)34(20-25-6-4-23(3)5-7-25)29-16-18-33(21-29)38(36,37)19-17-24-8-12-27(31)13-9-24/h4-15,17,19,29H,16,18,20-21H2,1-3H3/b19-17+.